The fourth-order valence-electron chi connectivity index (χ4n) is 3.12. The van der Waals surface area contributed by atoms with Crippen molar-refractivity contribution in [3.05, 3.63) is 30.2 Å². The number of pyridine rings is 1. The molecule has 1 unspecified atom stereocenters. The number of ether oxygens (including phenoxy) is 1. The molecule has 3 aromatic heterocycles. The second-order valence-corrected chi connectivity index (χ2v) is 6.43. The fraction of sp³-hybridized carbons (Fsp3) is 0.375. The maximum atomic E-state index is 14.4. The first-order valence-electron chi connectivity index (χ1n) is 8.45. The smallest absolute Gasteiger partial charge is 0.416 e. The number of hydrogen-bond acceptors (Lipinski definition) is 7. The van der Waals surface area contributed by atoms with Gasteiger partial charge in [0.05, 0.1) is 12.1 Å². The summed E-state index contributed by atoms with van der Waals surface area (Å²) >= 11 is 0. The van der Waals surface area contributed by atoms with Crippen LogP contribution in [0.15, 0.2) is 24.7 Å². The average molecular weight is 415 g/mol. The first-order valence-corrected chi connectivity index (χ1v) is 8.45. The summed E-state index contributed by atoms with van der Waals surface area (Å²) in [5.74, 6) is -3.98. The molecule has 0 bridgehead atoms. The number of nitrogens with two attached hydrogens (primary N) is 1. The zero-order valence-corrected chi connectivity index (χ0v) is 14.6. The number of nitrogens with one attached hydrogen (secondary N) is 1. The molecule has 1 aliphatic rings. The lowest BCUT2D eigenvalue weighted by molar-refractivity contribution is -0.137. The van der Waals surface area contributed by atoms with Crippen molar-refractivity contribution < 1.29 is 26.7 Å². The van der Waals surface area contributed by atoms with Gasteiger partial charge in [0.1, 0.15) is 23.6 Å². The molecule has 0 radical (unpaired) electrons. The summed E-state index contributed by atoms with van der Waals surface area (Å²) in [6.45, 7) is -0.224. The SMILES string of the molecule is Nc1ncnc2c1c(Oc1cc(C(F)(F)F)ccn1)nn2C1CCNCC1(F)F. The summed E-state index contributed by atoms with van der Waals surface area (Å²) in [6.07, 6.45) is -2.56. The van der Waals surface area contributed by atoms with Crippen LogP contribution in [0.4, 0.5) is 27.8 Å². The number of aromatic nitrogens is 5. The van der Waals surface area contributed by atoms with Crippen LogP contribution in [0.2, 0.25) is 0 Å². The van der Waals surface area contributed by atoms with Gasteiger partial charge in [0, 0.05) is 12.3 Å². The van der Waals surface area contributed by atoms with E-state index in [1.807, 2.05) is 0 Å². The molecule has 13 heteroatoms. The quantitative estimate of drug-likeness (QED) is 0.634. The molecule has 1 saturated heterocycles. The highest BCUT2D eigenvalue weighted by molar-refractivity contribution is 5.90. The Morgan fingerprint density at radius 2 is 2.03 bits per heavy atom. The Labute approximate surface area is 159 Å². The van der Waals surface area contributed by atoms with Crippen molar-refractivity contribution in [1.29, 1.82) is 0 Å². The number of halogens is 5. The molecule has 29 heavy (non-hydrogen) atoms. The van der Waals surface area contributed by atoms with E-state index in [0.29, 0.717) is 12.6 Å². The topological polar surface area (TPSA) is 104 Å². The third kappa shape index (κ3) is 3.52. The normalized spacial score (nSPS) is 19.4. The minimum absolute atomic E-state index is 0.00829. The first kappa shape index (κ1) is 19.2. The van der Waals surface area contributed by atoms with Crippen molar-refractivity contribution in [1.82, 2.24) is 30.0 Å². The summed E-state index contributed by atoms with van der Waals surface area (Å²) in [5.41, 5.74) is 4.84. The van der Waals surface area contributed by atoms with Gasteiger partial charge in [-0.3, -0.25) is 0 Å². The van der Waals surface area contributed by atoms with Gasteiger partial charge in [-0.15, -0.1) is 5.10 Å². The molecule has 4 rings (SSSR count). The second kappa shape index (κ2) is 6.76. The molecule has 1 aliphatic heterocycles. The predicted octanol–water partition coefficient (Wildman–Crippen LogP) is 2.78. The summed E-state index contributed by atoms with van der Waals surface area (Å²) in [4.78, 5) is 11.5. The number of fused-ring (bicyclic) bond motifs is 1. The molecule has 154 valence electrons. The van der Waals surface area contributed by atoms with E-state index < -0.39 is 36.1 Å². The monoisotopic (exact) mass is 415 g/mol. The van der Waals surface area contributed by atoms with Gasteiger partial charge in [-0.25, -0.2) is 28.4 Å². The van der Waals surface area contributed by atoms with Crippen LogP contribution < -0.4 is 15.8 Å². The molecular formula is C16H14F5N7O. The number of nitrogen functional groups attached to an aromatic ring is 1. The Bertz CT molecular complexity index is 1050. The van der Waals surface area contributed by atoms with Gasteiger partial charge in [-0.2, -0.15) is 13.2 Å². The molecular weight excluding hydrogens is 401 g/mol. The van der Waals surface area contributed by atoms with E-state index in [1.54, 1.807) is 0 Å². The Morgan fingerprint density at radius 1 is 1.24 bits per heavy atom. The lowest BCUT2D eigenvalue weighted by Crippen LogP contribution is -2.47. The highest BCUT2D eigenvalue weighted by Gasteiger charge is 2.44. The van der Waals surface area contributed by atoms with Crippen LogP contribution in [0.1, 0.15) is 18.0 Å². The van der Waals surface area contributed by atoms with Crippen LogP contribution in [0, 0.1) is 0 Å². The highest BCUT2D eigenvalue weighted by Crippen LogP contribution is 2.39. The van der Waals surface area contributed by atoms with Gasteiger partial charge in [-0.05, 0) is 19.0 Å². The van der Waals surface area contributed by atoms with Gasteiger partial charge in [0.2, 0.25) is 5.88 Å². The summed E-state index contributed by atoms with van der Waals surface area (Å²) in [5, 5.41) is 6.66. The van der Waals surface area contributed by atoms with E-state index in [4.69, 9.17) is 10.5 Å². The Balaban J connectivity index is 1.80. The second-order valence-electron chi connectivity index (χ2n) is 6.43. The van der Waals surface area contributed by atoms with Crippen molar-refractivity contribution in [2.45, 2.75) is 24.6 Å². The number of hydrogen-bond donors (Lipinski definition) is 2. The van der Waals surface area contributed by atoms with Gasteiger partial charge in [0.25, 0.3) is 11.8 Å². The summed E-state index contributed by atoms with van der Waals surface area (Å²) in [7, 11) is 0. The maximum Gasteiger partial charge on any atom is 0.416 e. The molecule has 1 atom stereocenters. The molecule has 0 aliphatic carbocycles. The Kier molecular flexibility index (Phi) is 4.48. The molecule has 1 fully saturated rings. The van der Waals surface area contributed by atoms with Gasteiger partial charge in [0.15, 0.2) is 5.65 Å². The number of piperidine rings is 1. The van der Waals surface area contributed by atoms with Crippen molar-refractivity contribution in [3.63, 3.8) is 0 Å². The molecule has 0 amide bonds. The predicted molar refractivity (Wildman–Crippen MR) is 90.5 cm³/mol. The highest BCUT2D eigenvalue weighted by atomic mass is 19.4. The van der Waals surface area contributed by atoms with E-state index >= 15 is 0 Å². The molecule has 3 N–H and O–H groups in total. The number of alkyl halides is 5. The van der Waals surface area contributed by atoms with E-state index in [0.717, 1.165) is 23.3 Å². The lowest BCUT2D eigenvalue weighted by atomic mass is 10.0. The van der Waals surface area contributed by atoms with Crippen molar-refractivity contribution in [3.8, 4) is 11.8 Å². The summed E-state index contributed by atoms with van der Waals surface area (Å²) in [6, 6.07) is 0.105. The maximum absolute atomic E-state index is 14.4. The van der Waals surface area contributed by atoms with Crippen LogP contribution in [0.3, 0.4) is 0 Å². The van der Waals surface area contributed by atoms with E-state index in [-0.39, 0.29) is 29.2 Å². The Hall–Kier alpha value is -3.09. The first-order chi connectivity index (χ1) is 13.7. The molecule has 4 heterocycles. The zero-order chi connectivity index (χ0) is 20.8. The minimum atomic E-state index is -4.61. The number of rotatable bonds is 3. The molecule has 8 nitrogen and oxygen atoms in total. The van der Waals surface area contributed by atoms with Crippen LogP contribution in [0.25, 0.3) is 11.0 Å². The fourth-order valence-corrected chi connectivity index (χ4v) is 3.12. The molecule has 0 spiro atoms. The Morgan fingerprint density at radius 3 is 2.76 bits per heavy atom. The van der Waals surface area contributed by atoms with Crippen LogP contribution in [-0.4, -0.2) is 43.7 Å². The zero-order valence-electron chi connectivity index (χ0n) is 14.6. The average Bonchev–Trinajstić information content (AvgIpc) is 3.00. The summed E-state index contributed by atoms with van der Waals surface area (Å²) < 4.78 is 74.0. The third-order valence-corrected chi connectivity index (χ3v) is 4.49. The van der Waals surface area contributed by atoms with Crippen molar-refractivity contribution in [2.75, 3.05) is 18.8 Å². The molecule has 0 aromatic carbocycles. The molecule has 0 saturated carbocycles. The van der Waals surface area contributed by atoms with Crippen molar-refractivity contribution in [2.24, 2.45) is 0 Å². The van der Waals surface area contributed by atoms with Gasteiger partial charge in [-0.1, -0.05) is 0 Å². The minimum Gasteiger partial charge on any atom is -0.418 e. The van der Waals surface area contributed by atoms with E-state index in [2.05, 4.69) is 25.4 Å². The van der Waals surface area contributed by atoms with Gasteiger partial charge >= 0.3 is 6.18 Å². The van der Waals surface area contributed by atoms with E-state index in [1.165, 1.54) is 0 Å². The number of nitrogens with zero attached hydrogens (tertiary/aromatic N) is 5. The third-order valence-electron chi connectivity index (χ3n) is 4.49. The number of anilines is 1. The van der Waals surface area contributed by atoms with E-state index in [9.17, 15) is 22.0 Å². The van der Waals surface area contributed by atoms with Crippen LogP contribution >= 0.6 is 0 Å². The largest absolute Gasteiger partial charge is 0.418 e. The van der Waals surface area contributed by atoms with Crippen molar-refractivity contribution >= 4 is 16.9 Å². The lowest BCUT2D eigenvalue weighted by Gasteiger charge is -2.31. The van der Waals surface area contributed by atoms with Crippen LogP contribution in [0.5, 0.6) is 11.8 Å². The van der Waals surface area contributed by atoms with Gasteiger partial charge < -0.3 is 15.8 Å². The standard InChI is InChI=1S/C16H14F5N7O/c17-15(18)6-23-3-2-9(15)28-13-11(12(22)25-7-26-13)14(27-28)29-10-5-8(1-4-24-10)16(19,20)21/h1,4-5,7,9,23H,2-3,6H2,(H2,22,25,26). The molecule has 3 aromatic rings. The van der Waals surface area contributed by atoms with Crippen LogP contribution in [-0.2, 0) is 6.18 Å².